The minimum Gasteiger partial charge on any atom is -0.397 e. The SMILES string of the molecule is CC(C)CCS(=O)(=O)Nc1c(N)cc(Br)cc1Br. The molecule has 102 valence electrons. The van der Waals surface area contributed by atoms with Crippen molar-refractivity contribution in [3.63, 3.8) is 0 Å². The van der Waals surface area contributed by atoms with Gasteiger partial charge in [-0.25, -0.2) is 8.42 Å². The third-order valence-corrected chi connectivity index (χ3v) is 4.68. The first-order valence-corrected chi connectivity index (χ1v) is 8.70. The summed E-state index contributed by atoms with van der Waals surface area (Å²) in [6.07, 6.45) is 0.614. The van der Waals surface area contributed by atoms with Crippen LogP contribution in [0.2, 0.25) is 0 Å². The fraction of sp³-hybridized carbons (Fsp3) is 0.455. The second kappa shape index (κ2) is 6.25. The van der Waals surface area contributed by atoms with Gasteiger partial charge in [-0.1, -0.05) is 29.8 Å². The van der Waals surface area contributed by atoms with Gasteiger partial charge in [0.25, 0.3) is 0 Å². The Morgan fingerprint density at radius 2 is 1.94 bits per heavy atom. The van der Waals surface area contributed by atoms with Crippen LogP contribution in [0.3, 0.4) is 0 Å². The number of anilines is 2. The molecule has 0 atom stereocenters. The number of nitrogen functional groups attached to an aromatic ring is 1. The first-order valence-electron chi connectivity index (χ1n) is 5.46. The van der Waals surface area contributed by atoms with E-state index in [0.29, 0.717) is 28.2 Å². The minimum atomic E-state index is -3.36. The highest BCUT2D eigenvalue weighted by Crippen LogP contribution is 2.33. The number of hydrogen-bond donors (Lipinski definition) is 2. The first kappa shape index (κ1) is 15.8. The Bertz CT molecular complexity index is 507. The molecular formula is C11H16Br2N2O2S. The van der Waals surface area contributed by atoms with Gasteiger partial charge in [0.15, 0.2) is 0 Å². The lowest BCUT2D eigenvalue weighted by Crippen LogP contribution is -2.19. The first-order chi connectivity index (χ1) is 8.21. The Morgan fingerprint density at radius 3 is 2.44 bits per heavy atom. The largest absolute Gasteiger partial charge is 0.397 e. The molecule has 1 aromatic carbocycles. The lowest BCUT2D eigenvalue weighted by atomic mass is 10.2. The van der Waals surface area contributed by atoms with E-state index in [0.717, 1.165) is 4.47 Å². The zero-order valence-corrected chi connectivity index (χ0v) is 14.2. The smallest absolute Gasteiger partial charge is 0.232 e. The standard InChI is InChI=1S/C11H16Br2N2O2S/c1-7(2)3-4-18(16,17)15-11-9(13)5-8(12)6-10(11)14/h5-7,15H,3-4,14H2,1-2H3. The van der Waals surface area contributed by atoms with Crippen molar-refractivity contribution >= 4 is 53.3 Å². The average molecular weight is 400 g/mol. The van der Waals surface area contributed by atoms with Crippen LogP contribution in [0.1, 0.15) is 20.3 Å². The number of sulfonamides is 1. The third-order valence-electron chi connectivity index (χ3n) is 2.31. The topological polar surface area (TPSA) is 72.2 Å². The zero-order valence-electron chi connectivity index (χ0n) is 10.2. The molecule has 0 radical (unpaired) electrons. The van der Waals surface area contributed by atoms with Crippen molar-refractivity contribution in [1.29, 1.82) is 0 Å². The molecule has 0 unspecified atom stereocenters. The van der Waals surface area contributed by atoms with Crippen LogP contribution in [0.15, 0.2) is 21.1 Å². The van der Waals surface area contributed by atoms with Crippen LogP contribution in [0.25, 0.3) is 0 Å². The molecule has 1 aromatic rings. The van der Waals surface area contributed by atoms with Gasteiger partial charge in [-0.15, -0.1) is 0 Å². The molecular weight excluding hydrogens is 384 g/mol. The summed E-state index contributed by atoms with van der Waals surface area (Å²) in [4.78, 5) is 0. The third kappa shape index (κ3) is 4.78. The van der Waals surface area contributed by atoms with E-state index < -0.39 is 10.0 Å². The quantitative estimate of drug-likeness (QED) is 0.743. The van der Waals surface area contributed by atoms with E-state index >= 15 is 0 Å². The van der Waals surface area contributed by atoms with E-state index in [-0.39, 0.29) is 5.75 Å². The normalized spacial score (nSPS) is 11.8. The summed E-state index contributed by atoms with van der Waals surface area (Å²) in [6.45, 7) is 3.97. The predicted molar refractivity (Wildman–Crippen MR) is 83.1 cm³/mol. The molecule has 1 rings (SSSR count). The molecule has 7 heteroatoms. The Balaban J connectivity index is 2.91. The molecule has 0 heterocycles. The molecule has 0 saturated carbocycles. The maximum absolute atomic E-state index is 11.9. The summed E-state index contributed by atoms with van der Waals surface area (Å²) >= 11 is 6.58. The second-order valence-corrected chi connectivity index (χ2v) is 8.07. The van der Waals surface area contributed by atoms with Gasteiger partial charge in [0.1, 0.15) is 0 Å². The van der Waals surface area contributed by atoms with E-state index in [1.54, 1.807) is 12.1 Å². The van der Waals surface area contributed by atoms with E-state index in [9.17, 15) is 8.42 Å². The molecule has 0 aliphatic heterocycles. The van der Waals surface area contributed by atoms with Crippen molar-refractivity contribution in [3.8, 4) is 0 Å². The molecule has 0 aliphatic rings. The molecule has 0 bridgehead atoms. The van der Waals surface area contributed by atoms with Crippen LogP contribution in [0.4, 0.5) is 11.4 Å². The van der Waals surface area contributed by atoms with Gasteiger partial charge in [-0.2, -0.15) is 0 Å². The van der Waals surface area contributed by atoms with Gasteiger partial charge in [0.2, 0.25) is 10.0 Å². The Labute approximate surface area is 125 Å². The van der Waals surface area contributed by atoms with Gasteiger partial charge in [-0.05, 0) is 40.4 Å². The number of halogens is 2. The van der Waals surface area contributed by atoms with Crippen LogP contribution < -0.4 is 10.5 Å². The molecule has 4 nitrogen and oxygen atoms in total. The molecule has 18 heavy (non-hydrogen) atoms. The molecule has 3 N–H and O–H groups in total. The highest BCUT2D eigenvalue weighted by atomic mass is 79.9. The number of nitrogens with one attached hydrogen (secondary N) is 1. The van der Waals surface area contributed by atoms with Crippen molar-refractivity contribution in [2.45, 2.75) is 20.3 Å². The maximum Gasteiger partial charge on any atom is 0.232 e. The highest BCUT2D eigenvalue weighted by molar-refractivity contribution is 9.11. The lowest BCUT2D eigenvalue weighted by molar-refractivity contribution is 0.578. The number of nitrogens with two attached hydrogens (primary N) is 1. The summed E-state index contributed by atoms with van der Waals surface area (Å²) in [5.41, 5.74) is 6.57. The van der Waals surface area contributed by atoms with E-state index in [2.05, 4.69) is 36.6 Å². The fourth-order valence-electron chi connectivity index (χ4n) is 1.30. The van der Waals surface area contributed by atoms with Crippen molar-refractivity contribution in [1.82, 2.24) is 0 Å². The second-order valence-electron chi connectivity index (χ2n) is 4.46. The Kier molecular flexibility index (Phi) is 5.48. The van der Waals surface area contributed by atoms with Crippen molar-refractivity contribution in [2.24, 2.45) is 5.92 Å². The van der Waals surface area contributed by atoms with E-state index in [1.807, 2.05) is 13.8 Å². The number of hydrogen-bond acceptors (Lipinski definition) is 3. The predicted octanol–water partition coefficient (Wildman–Crippen LogP) is 3.58. The molecule has 0 fully saturated rings. The maximum atomic E-state index is 11.9. The summed E-state index contributed by atoms with van der Waals surface area (Å²) in [6, 6.07) is 3.40. The monoisotopic (exact) mass is 398 g/mol. The van der Waals surface area contributed by atoms with Crippen LogP contribution in [-0.4, -0.2) is 14.2 Å². The number of rotatable bonds is 5. The van der Waals surface area contributed by atoms with Gasteiger partial charge < -0.3 is 5.73 Å². The fourth-order valence-corrected chi connectivity index (χ4v) is 4.21. The zero-order chi connectivity index (χ0) is 13.9. The molecule has 0 aromatic heterocycles. The van der Waals surface area contributed by atoms with Crippen LogP contribution >= 0.6 is 31.9 Å². The molecule has 0 amide bonds. The van der Waals surface area contributed by atoms with Crippen molar-refractivity contribution in [3.05, 3.63) is 21.1 Å². The van der Waals surface area contributed by atoms with E-state index in [4.69, 9.17) is 5.73 Å². The summed E-state index contributed by atoms with van der Waals surface area (Å²) in [7, 11) is -3.36. The van der Waals surface area contributed by atoms with Gasteiger partial charge in [-0.3, -0.25) is 4.72 Å². The molecule has 0 saturated heterocycles. The van der Waals surface area contributed by atoms with E-state index in [1.165, 1.54) is 0 Å². The van der Waals surface area contributed by atoms with Gasteiger partial charge >= 0.3 is 0 Å². The van der Waals surface area contributed by atoms with Crippen LogP contribution in [0.5, 0.6) is 0 Å². The minimum absolute atomic E-state index is 0.0899. The summed E-state index contributed by atoms with van der Waals surface area (Å²) < 4.78 is 27.7. The summed E-state index contributed by atoms with van der Waals surface area (Å²) in [5, 5.41) is 0. The lowest BCUT2D eigenvalue weighted by Gasteiger charge is -2.13. The molecule has 0 spiro atoms. The number of benzene rings is 1. The van der Waals surface area contributed by atoms with Gasteiger partial charge in [0.05, 0.1) is 17.1 Å². The van der Waals surface area contributed by atoms with Crippen LogP contribution in [0, 0.1) is 5.92 Å². The average Bonchev–Trinajstić information content (AvgIpc) is 2.21. The summed E-state index contributed by atoms with van der Waals surface area (Å²) in [5.74, 6) is 0.430. The van der Waals surface area contributed by atoms with Crippen molar-refractivity contribution in [2.75, 3.05) is 16.2 Å². The van der Waals surface area contributed by atoms with Crippen molar-refractivity contribution < 1.29 is 8.42 Å². The van der Waals surface area contributed by atoms with Gasteiger partial charge in [0, 0.05) is 8.95 Å². The molecule has 0 aliphatic carbocycles. The highest BCUT2D eigenvalue weighted by Gasteiger charge is 2.15. The Hall–Kier alpha value is -0.270. The Morgan fingerprint density at radius 1 is 1.33 bits per heavy atom. The van der Waals surface area contributed by atoms with Crippen LogP contribution in [-0.2, 0) is 10.0 Å².